The SMILES string of the molecule is COC(=O)c1cccc(C(=O)OC)c1CN. The molecule has 0 saturated heterocycles. The average Bonchev–Trinajstić information content (AvgIpc) is 2.35. The lowest BCUT2D eigenvalue weighted by Gasteiger charge is -2.10. The summed E-state index contributed by atoms with van der Waals surface area (Å²) in [4.78, 5) is 22.9. The van der Waals surface area contributed by atoms with Crippen molar-refractivity contribution < 1.29 is 19.1 Å². The number of carbonyl (C=O) groups is 2. The van der Waals surface area contributed by atoms with Crippen molar-refractivity contribution in [2.45, 2.75) is 6.54 Å². The van der Waals surface area contributed by atoms with Gasteiger partial charge in [-0.3, -0.25) is 0 Å². The normalized spacial score (nSPS) is 9.69. The fourth-order valence-electron chi connectivity index (χ4n) is 1.41. The van der Waals surface area contributed by atoms with Gasteiger partial charge in [-0.2, -0.15) is 0 Å². The van der Waals surface area contributed by atoms with Gasteiger partial charge in [-0.05, 0) is 17.7 Å². The zero-order valence-electron chi connectivity index (χ0n) is 9.15. The molecule has 16 heavy (non-hydrogen) atoms. The molecule has 1 aromatic carbocycles. The van der Waals surface area contributed by atoms with E-state index in [-0.39, 0.29) is 17.7 Å². The van der Waals surface area contributed by atoms with Crippen LogP contribution in [0.15, 0.2) is 18.2 Å². The first kappa shape index (κ1) is 12.2. The Kier molecular flexibility index (Phi) is 4.02. The first-order valence-corrected chi connectivity index (χ1v) is 4.64. The number of esters is 2. The van der Waals surface area contributed by atoms with Crippen LogP contribution in [-0.4, -0.2) is 26.2 Å². The standard InChI is InChI=1S/C11H13NO4/c1-15-10(13)7-4-3-5-8(9(7)6-12)11(14)16-2/h3-5H,6,12H2,1-2H3. The molecule has 0 fully saturated rings. The molecule has 0 atom stereocenters. The van der Waals surface area contributed by atoms with Crippen LogP contribution in [0, 0.1) is 0 Å². The Morgan fingerprint density at radius 1 is 1.12 bits per heavy atom. The van der Waals surface area contributed by atoms with Crippen LogP contribution in [0.5, 0.6) is 0 Å². The summed E-state index contributed by atoms with van der Waals surface area (Å²) in [6, 6.07) is 4.69. The van der Waals surface area contributed by atoms with Gasteiger partial charge >= 0.3 is 11.9 Å². The van der Waals surface area contributed by atoms with E-state index in [1.54, 1.807) is 18.2 Å². The van der Waals surface area contributed by atoms with Crippen molar-refractivity contribution in [1.29, 1.82) is 0 Å². The van der Waals surface area contributed by atoms with Gasteiger partial charge in [-0.15, -0.1) is 0 Å². The molecule has 0 radical (unpaired) electrons. The van der Waals surface area contributed by atoms with Crippen molar-refractivity contribution in [2.75, 3.05) is 14.2 Å². The first-order valence-electron chi connectivity index (χ1n) is 4.64. The molecule has 0 aliphatic heterocycles. The van der Waals surface area contributed by atoms with E-state index in [1.165, 1.54) is 14.2 Å². The highest BCUT2D eigenvalue weighted by Crippen LogP contribution is 2.16. The average molecular weight is 223 g/mol. The number of rotatable bonds is 3. The maximum absolute atomic E-state index is 11.4. The summed E-state index contributed by atoms with van der Waals surface area (Å²) in [5.74, 6) is -1.04. The molecule has 86 valence electrons. The number of hydrogen-bond donors (Lipinski definition) is 1. The summed E-state index contributed by atoms with van der Waals surface area (Å²) in [5.41, 5.74) is 6.52. The minimum Gasteiger partial charge on any atom is -0.465 e. The Hall–Kier alpha value is -1.88. The van der Waals surface area contributed by atoms with Crippen molar-refractivity contribution in [3.8, 4) is 0 Å². The van der Waals surface area contributed by atoms with Crippen LogP contribution in [-0.2, 0) is 16.0 Å². The number of benzene rings is 1. The highest BCUT2D eigenvalue weighted by molar-refractivity contribution is 5.98. The second-order valence-electron chi connectivity index (χ2n) is 3.02. The van der Waals surface area contributed by atoms with E-state index in [0.29, 0.717) is 5.56 Å². The third-order valence-electron chi connectivity index (χ3n) is 2.19. The van der Waals surface area contributed by atoms with Crippen LogP contribution in [0.4, 0.5) is 0 Å². The molecule has 0 saturated carbocycles. The molecule has 0 aliphatic rings. The molecule has 5 heteroatoms. The number of nitrogens with two attached hydrogens (primary N) is 1. The zero-order chi connectivity index (χ0) is 12.1. The van der Waals surface area contributed by atoms with Gasteiger partial charge in [-0.1, -0.05) is 6.07 Å². The van der Waals surface area contributed by atoms with Gasteiger partial charge in [-0.25, -0.2) is 9.59 Å². The smallest absolute Gasteiger partial charge is 0.338 e. The Morgan fingerprint density at radius 3 is 1.88 bits per heavy atom. The van der Waals surface area contributed by atoms with Gasteiger partial charge in [0.05, 0.1) is 25.3 Å². The van der Waals surface area contributed by atoms with Gasteiger partial charge in [0, 0.05) is 6.54 Å². The molecule has 0 spiro atoms. The fraction of sp³-hybridized carbons (Fsp3) is 0.273. The van der Waals surface area contributed by atoms with E-state index in [0.717, 1.165) is 0 Å². The molecule has 0 heterocycles. The quantitative estimate of drug-likeness (QED) is 0.764. The maximum atomic E-state index is 11.4. The minimum atomic E-state index is -0.522. The monoisotopic (exact) mass is 223 g/mol. The topological polar surface area (TPSA) is 78.6 Å². The van der Waals surface area contributed by atoms with Crippen molar-refractivity contribution in [2.24, 2.45) is 5.73 Å². The first-order chi connectivity index (χ1) is 7.65. The van der Waals surface area contributed by atoms with Crippen molar-refractivity contribution in [3.05, 3.63) is 34.9 Å². The van der Waals surface area contributed by atoms with E-state index in [1.807, 2.05) is 0 Å². The van der Waals surface area contributed by atoms with Gasteiger partial charge in [0.1, 0.15) is 0 Å². The maximum Gasteiger partial charge on any atom is 0.338 e. The lowest BCUT2D eigenvalue weighted by atomic mass is 10.0. The van der Waals surface area contributed by atoms with Gasteiger partial charge in [0.2, 0.25) is 0 Å². The second kappa shape index (κ2) is 5.27. The Labute approximate surface area is 93.1 Å². The summed E-state index contributed by atoms with van der Waals surface area (Å²) in [7, 11) is 2.54. The fourth-order valence-corrected chi connectivity index (χ4v) is 1.41. The van der Waals surface area contributed by atoms with Crippen LogP contribution < -0.4 is 5.73 Å². The molecule has 0 bridgehead atoms. The van der Waals surface area contributed by atoms with Crippen LogP contribution in [0.2, 0.25) is 0 Å². The molecular weight excluding hydrogens is 210 g/mol. The van der Waals surface area contributed by atoms with Crippen LogP contribution in [0.3, 0.4) is 0 Å². The van der Waals surface area contributed by atoms with Crippen LogP contribution in [0.25, 0.3) is 0 Å². The van der Waals surface area contributed by atoms with E-state index in [9.17, 15) is 9.59 Å². The molecule has 0 amide bonds. The lowest BCUT2D eigenvalue weighted by molar-refractivity contribution is 0.0597. The Balaban J connectivity index is 3.31. The molecule has 0 aliphatic carbocycles. The highest BCUT2D eigenvalue weighted by Gasteiger charge is 2.18. The van der Waals surface area contributed by atoms with Gasteiger partial charge in [0.25, 0.3) is 0 Å². The summed E-state index contributed by atoms with van der Waals surface area (Å²) in [6.45, 7) is 0.0652. The number of ether oxygens (including phenoxy) is 2. The van der Waals surface area contributed by atoms with Crippen molar-refractivity contribution >= 4 is 11.9 Å². The summed E-state index contributed by atoms with van der Waals surface area (Å²) in [5, 5.41) is 0. The summed E-state index contributed by atoms with van der Waals surface area (Å²) in [6.07, 6.45) is 0. The third kappa shape index (κ3) is 2.20. The number of hydrogen-bond acceptors (Lipinski definition) is 5. The second-order valence-corrected chi connectivity index (χ2v) is 3.02. The van der Waals surface area contributed by atoms with Gasteiger partial charge < -0.3 is 15.2 Å². The predicted molar refractivity (Wildman–Crippen MR) is 57.0 cm³/mol. The number of carbonyl (C=O) groups excluding carboxylic acids is 2. The van der Waals surface area contributed by atoms with E-state index < -0.39 is 11.9 Å². The molecular formula is C11H13NO4. The Bertz CT molecular complexity index is 380. The molecule has 0 unspecified atom stereocenters. The van der Waals surface area contributed by atoms with Crippen LogP contribution in [0.1, 0.15) is 26.3 Å². The summed E-state index contributed by atoms with van der Waals surface area (Å²) < 4.78 is 9.20. The molecule has 0 aromatic heterocycles. The summed E-state index contributed by atoms with van der Waals surface area (Å²) >= 11 is 0. The van der Waals surface area contributed by atoms with E-state index in [4.69, 9.17) is 5.73 Å². The highest BCUT2D eigenvalue weighted by atomic mass is 16.5. The largest absolute Gasteiger partial charge is 0.465 e. The minimum absolute atomic E-state index is 0.0652. The predicted octanol–water partition coefficient (Wildman–Crippen LogP) is 0.718. The Morgan fingerprint density at radius 2 is 1.56 bits per heavy atom. The molecule has 2 N–H and O–H groups in total. The third-order valence-corrected chi connectivity index (χ3v) is 2.19. The molecule has 5 nitrogen and oxygen atoms in total. The van der Waals surface area contributed by atoms with Crippen molar-refractivity contribution in [3.63, 3.8) is 0 Å². The van der Waals surface area contributed by atoms with E-state index in [2.05, 4.69) is 9.47 Å². The van der Waals surface area contributed by atoms with Gasteiger partial charge in [0.15, 0.2) is 0 Å². The van der Waals surface area contributed by atoms with Crippen LogP contribution >= 0.6 is 0 Å². The lowest BCUT2D eigenvalue weighted by Crippen LogP contribution is -2.15. The zero-order valence-corrected chi connectivity index (χ0v) is 9.15. The van der Waals surface area contributed by atoms with E-state index >= 15 is 0 Å². The molecule has 1 aromatic rings. The molecule has 1 rings (SSSR count). The van der Waals surface area contributed by atoms with Crippen molar-refractivity contribution in [1.82, 2.24) is 0 Å². The number of methoxy groups -OCH3 is 2.